The van der Waals surface area contributed by atoms with Gasteiger partial charge in [0.2, 0.25) is 0 Å². The van der Waals surface area contributed by atoms with Crippen molar-refractivity contribution in [2.45, 2.75) is 90.8 Å². The first-order chi connectivity index (χ1) is 18.3. The van der Waals surface area contributed by atoms with Crippen LogP contribution in [0.4, 0.5) is 0 Å². The normalized spacial score (nSPS) is 30.8. The highest BCUT2D eigenvalue weighted by Gasteiger charge is 2.69. The fraction of sp³-hybridized carbons (Fsp3) is 0.636. The molecule has 7 atom stereocenters. The second-order valence-electron chi connectivity index (χ2n) is 12.5. The van der Waals surface area contributed by atoms with E-state index in [1.54, 1.807) is 0 Å². The molecule has 2 aromatic rings. The number of aliphatic hydroxyl groups is 1. The van der Waals surface area contributed by atoms with Gasteiger partial charge in [-0.25, -0.2) is 0 Å². The predicted octanol–water partition coefficient (Wildman–Crippen LogP) is 6.30. The van der Waals surface area contributed by atoms with Crippen LogP contribution in [0.5, 0.6) is 5.75 Å². The summed E-state index contributed by atoms with van der Waals surface area (Å²) in [7, 11) is 0. The van der Waals surface area contributed by atoms with Crippen molar-refractivity contribution in [2.75, 3.05) is 19.7 Å². The Morgan fingerprint density at radius 2 is 1.84 bits per heavy atom. The molecular formula is C33H47NO4. The van der Waals surface area contributed by atoms with Gasteiger partial charge in [-0.1, -0.05) is 76.2 Å². The van der Waals surface area contributed by atoms with Crippen LogP contribution in [0.25, 0.3) is 0 Å². The molecule has 0 radical (unpaired) electrons. The van der Waals surface area contributed by atoms with Crippen molar-refractivity contribution in [2.24, 2.45) is 22.7 Å². The Bertz CT molecular complexity index is 1040. The fourth-order valence-corrected chi connectivity index (χ4v) is 7.55. The number of ether oxygens (including phenoxy) is 3. The highest BCUT2D eigenvalue weighted by atomic mass is 16.7. The Labute approximate surface area is 229 Å². The molecule has 0 spiro atoms. The molecule has 1 unspecified atom stereocenters. The summed E-state index contributed by atoms with van der Waals surface area (Å²) in [4.78, 5) is 0. The van der Waals surface area contributed by atoms with Crippen LogP contribution < -0.4 is 10.1 Å². The van der Waals surface area contributed by atoms with Crippen LogP contribution in [-0.2, 0) is 15.9 Å². The average Bonchev–Trinajstić information content (AvgIpc) is 3.49. The van der Waals surface area contributed by atoms with Gasteiger partial charge in [0.25, 0.3) is 0 Å². The highest BCUT2D eigenvalue weighted by Crippen LogP contribution is 2.71. The van der Waals surface area contributed by atoms with Gasteiger partial charge in [0.05, 0.1) is 12.2 Å². The molecule has 1 saturated heterocycles. The number of benzene rings is 2. The molecule has 2 aromatic carbocycles. The highest BCUT2D eigenvalue weighted by molar-refractivity contribution is 5.35. The van der Waals surface area contributed by atoms with E-state index >= 15 is 0 Å². The molecule has 38 heavy (non-hydrogen) atoms. The van der Waals surface area contributed by atoms with Crippen molar-refractivity contribution >= 4 is 0 Å². The van der Waals surface area contributed by atoms with Crippen LogP contribution in [0.15, 0.2) is 54.6 Å². The Kier molecular flexibility index (Phi) is 8.49. The van der Waals surface area contributed by atoms with Crippen LogP contribution in [0.2, 0.25) is 0 Å². The van der Waals surface area contributed by atoms with Gasteiger partial charge in [-0.2, -0.15) is 0 Å². The Morgan fingerprint density at radius 1 is 1.08 bits per heavy atom. The third-order valence-corrected chi connectivity index (χ3v) is 10.1. The predicted molar refractivity (Wildman–Crippen MR) is 151 cm³/mol. The van der Waals surface area contributed by atoms with Crippen molar-refractivity contribution in [3.05, 3.63) is 65.7 Å². The SMILES string of the molecule is CCCNC[C@@H](COc1ccccc1C(O)CCc1ccccc1)O[C@@H]1C[C@H]2[C@H]3CC[C@@](C)([C@H]2O1)C3(C)C. The molecule has 2 N–H and O–H groups in total. The third-order valence-electron chi connectivity index (χ3n) is 10.1. The number of aryl methyl sites for hydroxylation is 1. The molecule has 0 amide bonds. The van der Waals surface area contributed by atoms with Crippen LogP contribution >= 0.6 is 0 Å². The van der Waals surface area contributed by atoms with Crippen molar-refractivity contribution in [1.82, 2.24) is 5.32 Å². The number of para-hydroxylation sites is 1. The van der Waals surface area contributed by atoms with Gasteiger partial charge in [-0.05, 0) is 72.9 Å². The van der Waals surface area contributed by atoms with Crippen molar-refractivity contribution in [3.63, 3.8) is 0 Å². The average molecular weight is 522 g/mol. The molecule has 2 bridgehead atoms. The first-order valence-electron chi connectivity index (χ1n) is 14.8. The van der Waals surface area contributed by atoms with E-state index in [2.05, 4.69) is 45.1 Å². The maximum atomic E-state index is 11.0. The minimum absolute atomic E-state index is 0.127. The van der Waals surface area contributed by atoms with E-state index in [0.29, 0.717) is 37.0 Å². The summed E-state index contributed by atoms with van der Waals surface area (Å²) in [5.74, 6) is 2.05. The maximum absolute atomic E-state index is 11.0. The lowest BCUT2D eigenvalue weighted by Crippen LogP contribution is -2.40. The van der Waals surface area contributed by atoms with Gasteiger partial charge >= 0.3 is 0 Å². The molecular weight excluding hydrogens is 474 g/mol. The topological polar surface area (TPSA) is 60.0 Å². The monoisotopic (exact) mass is 521 g/mol. The number of hydrogen-bond acceptors (Lipinski definition) is 5. The zero-order valence-corrected chi connectivity index (χ0v) is 23.7. The largest absolute Gasteiger partial charge is 0.490 e. The lowest BCUT2D eigenvalue weighted by molar-refractivity contribution is -0.189. The Balaban J connectivity index is 1.20. The third kappa shape index (κ3) is 5.40. The summed E-state index contributed by atoms with van der Waals surface area (Å²) in [6.07, 6.45) is 5.51. The Morgan fingerprint density at radius 3 is 2.61 bits per heavy atom. The zero-order valence-electron chi connectivity index (χ0n) is 23.7. The number of fused-ring (bicyclic) bond motifs is 5. The summed E-state index contributed by atoms with van der Waals surface area (Å²) in [6.45, 7) is 11.6. The van der Waals surface area contributed by atoms with E-state index in [1.807, 2.05) is 42.5 Å². The molecule has 0 aromatic heterocycles. The number of nitrogens with one attached hydrogen (secondary N) is 1. The van der Waals surface area contributed by atoms with E-state index in [4.69, 9.17) is 14.2 Å². The molecule has 208 valence electrons. The van der Waals surface area contributed by atoms with Gasteiger partial charge in [-0.3, -0.25) is 0 Å². The molecule has 3 aliphatic rings. The van der Waals surface area contributed by atoms with E-state index in [-0.39, 0.29) is 17.8 Å². The van der Waals surface area contributed by atoms with Crippen molar-refractivity contribution in [3.8, 4) is 5.75 Å². The molecule has 1 aliphatic heterocycles. The second kappa shape index (κ2) is 11.7. The summed E-state index contributed by atoms with van der Waals surface area (Å²) in [6, 6.07) is 18.2. The lowest BCUT2D eigenvalue weighted by atomic mass is 9.70. The van der Waals surface area contributed by atoms with Gasteiger partial charge in [0.1, 0.15) is 18.5 Å². The molecule has 1 heterocycles. The molecule has 2 saturated carbocycles. The summed E-state index contributed by atoms with van der Waals surface area (Å²) >= 11 is 0. The minimum atomic E-state index is -0.582. The first-order valence-corrected chi connectivity index (χ1v) is 14.8. The van der Waals surface area contributed by atoms with Crippen molar-refractivity contribution < 1.29 is 19.3 Å². The summed E-state index contributed by atoms with van der Waals surface area (Å²) in [5, 5.41) is 14.5. The van der Waals surface area contributed by atoms with Crippen LogP contribution in [0.1, 0.15) is 77.0 Å². The summed E-state index contributed by atoms with van der Waals surface area (Å²) in [5.41, 5.74) is 2.64. The quantitative estimate of drug-likeness (QED) is 0.303. The standard InChI is InChI=1S/C33H47NO4/c1-5-19-34-21-24(37-30-20-26-27-17-18-33(4,31(26)38-30)32(27,2)3)22-36-29-14-10-9-13-25(29)28(35)16-15-23-11-7-6-8-12-23/h6-14,24,26-28,30-31,34-35H,5,15-22H2,1-4H3/t24-,26-,27+,28?,30-,31-,33-/m0/s1. The van der Waals surface area contributed by atoms with Gasteiger partial charge < -0.3 is 24.6 Å². The second-order valence-corrected chi connectivity index (χ2v) is 12.5. The molecule has 5 nitrogen and oxygen atoms in total. The number of aliphatic hydroxyl groups excluding tert-OH is 1. The van der Waals surface area contributed by atoms with E-state index in [9.17, 15) is 5.11 Å². The van der Waals surface area contributed by atoms with Crippen molar-refractivity contribution in [1.29, 1.82) is 0 Å². The fourth-order valence-electron chi connectivity index (χ4n) is 7.55. The summed E-state index contributed by atoms with van der Waals surface area (Å²) < 4.78 is 19.6. The van der Waals surface area contributed by atoms with Gasteiger partial charge in [0, 0.05) is 18.5 Å². The van der Waals surface area contributed by atoms with E-state index in [1.165, 1.54) is 18.4 Å². The molecule has 5 rings (SSSR count). The smallest absolute Gasteiger partial charge is 0.158 e. The molecule has 3 fully saturated rings. The zero-order chi connectivity index (χ0) is 26.8. The van der Waals surface area contributed by atoms with Crippen LogP contribution in [0.3, 0.4) is 0 Å². The lowest BCUT2D eigenvalue weighted by Gasteiger charge is -2.39. The van der Waals surface area contributed by atoms with E-state index in [0.717, 1.165) is 43.0 Å². The van der Waals surface area contributed by atoms with Gasteiger partial charge in [-0.15, -0.1) is 0 Å². The minimum Gasteiger partial charge on any atom is -0.490 e. The van der Waals surface area contributed by atoms with Crippen LogP contribution in [0, 0.1) is 22.7 Å². The number of rotatable bonds is 13. The molecule has 5 heteroatoms. The van der Waals surface area contributed by atoms with E-state index < -0.39 is 6.10 Å². The maximum Gasteiger partial charge on any atom is 0.158 e. The molecule has 2 aliphatic carbocycles. The first kappa shape index (κ1) is 27.6. The van der Waals surface area contributed by atoms with Crippen LogP contribution in [-0.4, -0.2) is 43.3 Å². The Hall–Kier alpha value is -1.92. The van der Waals surface area contributed by atoms with Gasteiger partial charge in [0.15, 0.2) is 6.29 Å². The number of hydrogen-bond donors (Lipinski definition) is 2.